The van der Waals surface area contributed by atoms with Gasteiger partial charge < -0.3 is 0 Å². The van der Waals surface area contributed by atoms with E-state index in [1.54, 1.807) is 24.3 Å². The Morgan fingerprint density at radius 1 is 0.237 bits per heavy atom. The fourth-order valence-corrected chi connectivity index (χ4v) is 12.1. The first-order valence-electron chi connectivity index (χ1n) is 24.8. The first-order valence-corrected chi connectivity index (χ1v) is 27.8. The monoisotopic (exact) mass is 1190 g/mol. The van der Waals surface area contributed by atoms with Gasteiger partial charge in [0.1, 0.15) is 22.6 Å². The third-order valence-corrected chi connectivity index (χ3v) is 16.3. The molecule has 8 aromatic carbocycles. The topological polar surface area (TPSA) is 87.2 Å². The molecule has 0 N–H and O–H groups in total. The smallest absolute Gasteiger partial charge is 0.165 e. The van der Waals surface area contributed by atoms with Crippen LogP contribution >= 0.6 is 92.8 Å². The van der Waals surface area contributed by atoms with Gasteiger partial charge in [0, 0.05) is 96.9 Å². The van der Waals surface area contributed by atoms with Gasteiger partial charge in [0.05, 0.1) is 21.4 Å². The zero-order chi connectivity index (χ0) is 54.8. The standard InChI is InChI=1S/C64H34Cl8N8/c65-41-23-7-1-17-35(41)53-54(36-18-2-8-24-42(36)66)60-76-59(53)77-63-57(39-21-5-11-27-45(39)69)55(37-19-3-9-25-43(37)67)61(79(63)49-31-15-13-29-47(49)71)74-51-33-34-52(73-51)75-62-56(38-20-4-10-26-44(38)68)58(40-22-6-12-28-46(40)70)64(78-60)80(62)50-32-16-14-30-48(50)72/h1-34H. The van der Waals surface area contributed by atoms with Crippen LogP contribution < -0.4 is 0 Å². The third kappa shape index (κ3) is 9.07. The molecule has 0 radical (unpaired) electrons. The largest absolute Gasteiger partial charge is 0.276 e. The molecule has 0 fully saturated rings. The van der Waals surface area contributed by atoms with Crippen molar-refractivity contribution >= 4 is 139 Å². The summed E-state index contributed by atoms with van der Waals surface area (Å²) < 4.78 is 3.76. The van der Waals surface area contributed by atoms with Crippen molar-refractivity contribution in [1.82, 2.24) is 39.0 Å². The lowest BCUT2D eigenvalue weighted by Crippen LogP contribution is -2.01. The Hall–Kier alpha value is -7.60. The van der Waals surface area contributed by atoms with Crippen molar-refractivity contribution in [1.29, 1.82) is 0 Å². The van der Waals surface area contributed by atoms with Crippen molar-refractivity contribution in [2.24, 2.45) is 0 Å². The minimum absolute atomic E-state index is 0.190. The molecule has 0 aliphatic carbocycles. The number of fused-ring (bicyclic) bond motifs is 8. The fraction of sp³-hybridized carbons (Fsp3) is 0. The van der Waals surface area contributed by atoms with Crippen molar-refractivity contribution < 1.29 is 0 Å². The number of aromatic nitrogens is 8. The lowest BCUT2D eigenvalue weighted by atomic mass is 9.95. The quantitative estimate of drug-likeness (QED) is 0.151. The summed E-state index contributed by atoms with van der Waals surface area (Å²) in [6.07, 6.45) is 3.58. The molecule has 386 valence electrons. The molecule has 2 aliphatic heterocycles. The lowest BCUT2D eigenvalue weighted by Gasteiger charge is -2.12. The Bertz CT molecular complexity index is 4340. The molecule has 16 heteroatoms. The summed E-state index contributed by atoms with van der Waals surface area (Å²) in [5.41, 5.74) is 9.26. The van der Waals surface area contributed by atoms with Crippen LogP contribution in [0, 0.1) is 0 Å². The first-order chi connectivity index (χ1) is 39.0. The summed E-state index contributed by atoms with van der Waals surface area (Å²) in [4.78, 5) is 33.3. The maximum atomic E-state index is 7.40. The van der Waals surface area contributed by atoms with Crippen molar-refractivity contribution in [3.63, 3.8) is 0 Å². The van der Waals surface area contributed by atoms with Gasteiger partial charge in [-0.05, 0) is 72.8 Å². The molecule has 0 saturated carbocycles. The van der Waals surface area contributed by atoms with Crippen molar-refractivity contribution in [3.8, 4) is 55.9 Å². The van der Waals surface area contributed by atoms with Crippen LogP contribution in [0.2, 0.25) is 40.2 Å². The second-order valence-corrected chi connectivity index (χ2v) is 21.6. The van der Waals surface area contributed by atoms with E-state index < -0.39 is 0 Å². The SMILES string of the molecule is Clc1ccccc1C1=C(c2ccccc2Cl)c2nc1nc1c(-c3ccccc3Cl)c(-c3ccccc3Cl)c(nc3nc(nc4c(-c5ccccc5Cl)c(-c5ccccc5Cl)c(n2)n4-c2ccccc2Cl)C=C3)n1-c1ccccc1Cl. The molecular weight excluding hydrogens is 1160 g/mol. The van der Waals surface area contributed by atoms with E-state index >= 15 is 0 Å². The summed E-state index contributed by atoms with van der Waals surface area (Å²) in [6.45, 7) is 0. The van der Waals surface area contributed by atoms with Crippen LogP contribution in [0.25, 0.3) is 102 Å². The second kappa shape index (κ2) is 21.5. The predicted octanol–water partition coefficient (Wildman–Crippen LogP) is 19.9. The van der Waals surface area contributed by atoms with Crippen LogP contribution in [0.3, 0.4) is 0 Å². The highest BCUT2D eigenvalue weighted by Crippen LogP contribution is 2.50. The highest BCUT2D eigenvalue weighted by molar-refractivity contribution is 6.38. The van der Waals surface area contributed by atoms with E-state index in [4.69, 9.17) is 123 Å². The van der Waals surface area contributed by atoms with Gasteiger partial charge in [0.15, 0.2) is 23.3 Å². The van der Waals surface area contributed by atoms with Crippen LogP contribution in [0.5, 0.6) is 0 Å². The van der Waals surface area contributed by atoms with Crippen LogP contribution in [0.15, 0.2) is 194 Å². The Balaban J connectivity index is 1.38. The lowest BCUT2D eigenvalue weighted by molar-refractivity contribution is 1.03. The van der Waals surface area contributed by atoms with Gasteiger partial charge in [-0.15, -0.1) is 0 Å². The number of benzene rings is 8. The molecule has 13 rings (SSSR count). The number of rotatable bonds is 8. The maximum Gasteiger partial charge on any atom is 0.165 e. The molecule has 8 nitrogen and oxygen atoms in total. The van der Waals surface area contributed by atoms with Gasteiger partial charge in [-0.1, -0.05) is 226 Å². The van der Waals surface area contributed by atoms with Gasteiger partial charge in [0.2, 0.25) is 0 Å². The van der Waals surface area contributed by atoms with Crippen molar-refractivity contribution in [2.45, 2.75) is 0 Å². The second-order valence-electron chi connectivity index (χ2n) is 18.4. The highest BCUT2D eigenvalue weighted by atomic mass is 35.5. The molecule has 2 aliphatic rings. The molecule has 0 unspecified atom stereocenters. The van der Waals surface area contributed by atoms with Crippen molar-refractivity contribution in [3.05, 3.63) is 269 Å². The molecule has 0 amide bonds. The molecular formula is C64H34Cl8N8. The van der Waals surface area contributed by atoms with E-state index in [0.29, 0.717) is 141 Å². The Morgan fingerprint density at radius 3 is 0.775 bits per heavy atom. The van der Waals surface area contributed by atoms with E-state index in [1.165, 1.54) is 0 Å². The fourth-order valence-electron chi connectivity index (χ4n) is 10.2. The molecule has 0 atom stereocenters. The average Bonchev–Trinajstić information content (AvgIpc) is 4.40. The zero-order valence-corrected chi connectivity index (χ0v) is 47.3. The molecule has 0 saturated heterocycles. The Kier molecular flexibility index (Phi) is 13.9. The summed E-state index contributed by atoms with van der Waals surface area (Å²) in [6, 6.07) is 59.9. The number of hydrogen-bond acceptors (Lipinski definition) is 6. The number of nitrogens with zero attached hydrogens (tertiary/aromatic N) is 8. The van der Waals surface area contributed by atoms with E-state index in [2.05, 4.69) is 0 Å². The number of para-hydroxylation sites is 2. The van der Waals surface area contributed by atoms with Gasteiger partial charge in [-0.3, -0.25) is 9.13 Å². The van der Waals surface area contributed by atoms with Gasteiger partial charge in [0.25, 0.3) is 0 Å². The summed E-state index contributed by atoms with van der Waals surface area (Å²) in [5.74, 6) is 0.945. The van der Waals surface area contributed by atoms with Crippen LogP contribution in [-0.4, -0.2) is 39.0 Å². The summed E-state index contributed by atoms with van der Waals surface area (Å²) >= 11 is 58.9. The normalized spacial score (nSPS) is 12.2. The predicted molar refractivity (Wildman–Crippen MR) is 331 cm³/mol. The molecule has 11 aromatic rings. The van der Waals surface area contributed by atoms with E-state index in [-0.39, 0.29) is 23.3 Å². The van der Waals surface area contributed by atoms with E-state index in [1.807, 2.05) is 191 Å². The average molecular weight is 1200 g/mol. The van der Waals surface area contributed by atoms with Gasteiger partial charge in [-0.2, -0.15) is 0 Å². The van der Waals surface area contributed by atoms with Crippen LogP contribution in [-0.2, 0) is 0 Å². The summed E-state index contributed by atoms with van der Waals surface area (Å²) in [5, 5.41) is 3.28. The van der Waals surface area contributed by atoms with Crippen LogP contribution in [0.1, 0.15) is 34.4 Å². The number of halogens is 8. The molecule has 8 bridgehead atoms. The Morgan fingerprint density at radius 2 is 0.487 bits per heavy atom. The molecule has 0 spiro atoms. The van der Waals surface area contributed by atoms with Crippen LogP contribution in [0.4, 0.5) is 0 Å². The molecule has 80 heavy (non-hydrogen) atoms. The van der Waals surface area contributed by atoms with Gasteiger partial charge in [-0.25, -0.2) is 29.9 Å². The number of hydrogen-bond donors (Lipinski definition) is 0. The highest BCUT2D eigenvalue weighted by Gasteiger charge is 2.33. The van der Waals surface area contributed by atoms with Gasteiger partial charge >= 0.3 is 0 Å². The maximum absolute atomic E-state index is 7.40. The minimum Gasteiger partial charge on any atom is -0.276 e. The zero-order valence-electron chi connectivity index (χ0n) is 41.2. The van der Waals surface area contributed by atoms with E-state index in [0.717, 1.165) is 0 Å². The molecule has 3 aromatic heterocycles. The molecule has 5 heterocycles. The first kappa shape index (κ1) is 51.8. The van der Waals surface area contributed by atoms with Crippen molar-refractivity contribution in [2.75, 3.05) is 0 Å². The minimum atomic E-state index is 0.190. The third-order valence-electron chi connectivity index (χ3n) is 13.7. The summed E-state index contributed by atoms with van der Waals surface area (Å²) in [7, 11) is 0. The Labute approximate surface area is 498 Å². The van der Waals surface area contributed by atoms with E-state index in [9.17, 15) is 0 Å².